The largest absolute Gasteiger partial charge is 0.381 e. The van der Waals surface area contributed by atoms with Crippen LogP contribution in [0.15, 0.2) is 0 Å². The van der Waals surface area contributed by atoms with Crippen LogP contribution >= 0.6 is 11.6 Å². The van der Waals surface area contributed by atoms with E-state index in [4.69, 9.17) is 16.3 Å². The fourth-order valence-electron chi connectivity index (χ4n) is 1.83. The first-order chi connectivity index (χ1) is 6.76. The summed E-state index contributed by atoms with van der Waals surface area (Å²) in [4.78, 5) is 11.2. The van der Waals surface area contributed by atoms with E-state index < -0.39 is 0 Å². The van der Waals surface area contributed by atoms with E-state index in [0.717, 1.165) is 25.7 Å². The van der Waals surface area contributed by atoms with Crippen LogP contribution in [0.1, 0.15) is 32.1 Å². The van der Waals surface area contributed by atoms with Crippen molar-refractivity contribution in [3.63, 3.8) is 0 Å². The normalized spacial score (nSPS) is 27.3. The third-order valence-corrected chi connectivity index (χ3v) is 2.88. The van der Waals surface area contributed by atoms with Crippen molar-refractivity contribution in [2.75, 3.05) is 13.0 Å². The minimum absolute atomic E-state index is 0.0702. The number of carbonyl (C=O) groups excluding carboxylic acids is 1. The van der Waals surface area contributed by atoms with Crippen molar-refractivity contribution >= 4 is 17.5 Å². The van der Waals surface area contributed by atoms with Crippen molar-refractivity contribution in [1.82, 2.24) is 5.32 Å². The van der Waals surface area contributed by atoms with E-state index in [1.165, 1.54) is 0 Å². The van der Waals surface area contributed by atoms with Crippen LogP contribution in [0.3, 0.4) is 0 Å². The molecule has 0 aromatic heterocycles. The smallest absolute Gasteiger partial charge is 0.221 e. The number of carbonyl (C=O) groups is 1. The van der Waals surface area contributed by atoms with Crippen molar-refractivity contribution in [2.45, 2.75) is 44.2 Å². The van der Waals surface area contributed by atoms with Crippen LogP contribution in [-0.2, 0) is 9.53 Å². The van der Waals surface area contributed by atoms with E-state index in [9.17, 15) is 4.79 Å². The zero-order chi connectivity index (χ0) is 10.4. The number of rotatable bonds is 4. The third kappa shape index (κ3) is 3.84. The van der Waals surface area contributed by atoms with E-state index in [1.54, 1.807) is 7.11 Å². The van der Waals surface area contributed by atoms with Gasteiger partial charge in [-0.05, 0) is 25.7 Å². The molecule has 3 nitrogen and oxygen atoms in total. The Balaban J connectivity index is 2.18. The minimum atomic E-state index is 0.0702. The van der Waals surface area contributed by atoms with E-state index in [-0.39, 0.29) is 5.91 Å². The lowest BCUT2D eigenvalue weighted by atomic mass is 9.93. The molecule has 1 rings (SSSR count). The van der Waals surface area contributed by atoms with E-state index in [2.05, 4.69) is 5.32 Å². The second-order valence-corrected chi connectivity index (χ2v) is 4.09. The number of alkyl halides is 1. The number of nitrogens with one attached hydrogen (secondary N) is 1. The van der Waals surface area contributed by atoms with Gasteiger partial charge in [0.05, 0.1) is 6.10 Å². The molecule has 1 aliphatic carbocycles. The van der Waals surface area contributed by atoms with E-state index in [0.29, 0.717) is 24.4 Å². The molecule has 0 bridgehead atoms. The number of amides is 1. The van der Waals surface area contributed by atoms with Gasteiger partial charge in [-0.25, -0.2) is 0 Å². The number of methoxy groups -OCH3 is 1. The molecule has 0 aromatic rings. The predicted molar refractivity (Wildman–Crippen MR) is 56.5 cm³/mol. The topological polar surface area (TPSA) is 38.3 Å². The van der Waals surface area contributed by atoms with Crippen LogP contribution in [0.2, 0.25) is 0 Å². The first kappa shape index (κ1) is 11.8. The Morgan fingerprint density at radius 1 is 1.43 bits per heavy atom. The molecule has 0 atom stereocenters. The summed E-state index contributed by atoms with van der Waals surface area (Å²) in [5.41, 5.74) is 0. The highest BCUT2D eigenvalue weighted by molar-refractivity contribution is 6.18. The molecular formula is C10H18ClNO2. The first-order valence-electron chi connectivity index (χ1n) is 5.14. The molecule has 1 saturated carbocycles. The van der Waals surface area contributed by atoms with E-state index >= 15 is 0 Å². The Morgan fingerprint density at radius 3 is 2.57 bits per heavy atom. The highest BCUT2D eigenvalue weighted by atomic mass is 35.5. The molecule has 0 heterocycles. The van der Waals surface area contributed by atoms with Gasteiger partial charge in [-0.1, -0.05) is 0 Å². The molecule has 1 amide bonds. The summed E-state index contributed by atoms with van der Waals surface area (Å²) in [7, 11) is 1.75. The average molecular weight is 220 g/mol. The molecule has 1 N–H and O–H groups in total. The van der Waals surface area contributed by atoms with Crippen LogP contribution in [0.4, 0.5) is 0 Å². The lowest BCUT2D eigenvalue weighted by Gasteiger charge is -2.28. The van der Waals surface area contributed by atoms with Crippen LogP contribution < -0.4 is 5.32 Å². The molecule has 0 radical (unpaired) electrons. The molecule has 1 aliphatic rings. The van der Waals surface area contributed by atoms with Gasteiger partial charge in [0.15, 0.2) is 0 Å². The summed E-state index contributed by atoms with van der Waals surface area (Å²) >= 11 is 5.48. The standard InChI is InChI=1S/C10H18ClNO2/c1-14-9-4-2-8(3-5-9)12-10(13)6-7-11/h8-9H,2-7H2,1H3,(H,12,13). The van der Waals surface area contributed by atoms with Crippen molar-refractivity contribution in [1.29, 1.82) is 0 Å². The maximum absolute atomic E-state index is 11.2. The van der Waals surface area contributed by atoms with Gasteiger partial charge in [0.1, 0.15) is 0 Å². The van der Waals surface area contributed by atoms with Gasteiger partial charge in [0.2, 0.25) is 5.91 Å². The average Bonchev–Trinajstić information content (AvgIpc) is 2.19. The Hall–Kier alpha value is -0.280. The Kier molecular flexibility index (Phi) is 5.26. The molecule has 0 aliphatic heterocycles. The highest BCUT2D eigenvalue weighted by Crippen LogP contribution is 2.20. The Labute approximate surface area is 90.1 Å². The second kappa shape index (κ2) is 6.25. The summed E-state index contributed by atoms with van der Waals surface area (Å²) in [6, 6.07) is 0.331. The predicted octanol–water partition coefficient (Wildman–Crippen LogP) is 1.69. The SMILES string of the molecule is COC1CCC(NC(=O)CCCl)CC1. The maximum Gasteiger partial charge on any atom is 0.221 e. The molecule has 0 unspecified atom stereocenters. The maximum atomic E-state index is 11.2. The van der Waals surface area contributed by atoms with Crippen molar-refractivity contribution < 1.29 is 9.53 Å². The summed E-state index contributed by atoms with van der Waals surface area (Å²) in [6.07, 6.45) is 4.94. The lowest BCUT2D eigenvalue weighted by molar-refractivity contribution is -0.121. The summed E-state index contributed by atoms with van der Waals surface area (Å²) in [6.45, 7) is 0. The summed E-state index contributed by atoms with van der Waals surface area (Å²) < 4.78 is 5.26. The van der Waals surface area contributed by atoms with Gasteiger partial charge in [0.25, 0.3) is 0 Å². The van der Waals surface area contributed by atoms with Gasteiger partial charge in [-0.2, -0.15) is 0 Å². The van der Waals surface area contributed by atoms with Crippen molar-refractivity contribution in [3.8, 4) is 0 Å². The summed E-state index contributed by atoms with van der Waals surface area (Å²) in [5.74, 6) is 0.472. The van der Waals surface area contributed by atoms with Gasteiger partial charge in [0, 0.05) is 25.5 Å². The molecule has 0 aromatic carbocycles. The van der Waals surface area contributed by atoms with Crippen LogP contribution in [0, 0.1) is 0 Å². The van der Waals surface area contributed by atoms with Crippen LogP contribution in [0.5, 0.6) is 0 Å². The Bertz CT molecular complexity index is 179. The zero-order valence-corrected chi connectivity index (χ0v) is 9.35. The number of halogens is 1. The van der Waals surface area contributed by atoms with Crippen molar-refractivity contribution in [3.05, 3.63) is 0 Å². The molecule has 0 spiro atoms. The lowest BCUT2D eigenvalue weighted by Crippen LogP contribution is -2.38. The molecule has 4 heteroatoms. The van der Waals surface area contributed by atoms with Gasteiger partial charge < -0.3 is 10.1 Å². The van der Waals surface area contributed by atoms with Gasteiger partial charge in [-0.3, -0.25) is 4.79 Å². The summed E-state index contributed by atoms with van der Waals surface area (Å²) in [5, 5.41) is 2.99. The monoisotopic (exact) mass is 219 g/mol. The fourth-order valence-corrected chi connectivity index (χ4v) is 2.00. The Morgan fingerprint density at radius 2 is 2.07 bits per heavy atom. The third-order valence-electron chi connectivity index (χ3n) is 2.69. The quantitative estimate of drug-likeness (QED) is 0.731. The van der Waals surface area contributed by atoms with E-state index in [1.807, 2.05) is 0 Å². The second-order valence-electron chi connectivity index (χ2n) is 3.72. The van der Waals surface area contributed by atoms with Crippen molar-refractivity contribution in [2.24, 2.45) is 0 Å². The molecule has 1 fully saturated rings. The number of hydrogen-bond acceptors (Lipinski definition) is 2. The minimum Gasteiger partial charge on any atom is -0.381 e. The zero-order valence-electron chi connectivity index (χ0n) is 8.59. The first-order valence-corrected chi connectivity index (χ1v) is 5.68. The number of hydrogen-bond donors (Lipinski definition) is 1. The molecule has 0 saturated heterocycles. The van der Waals surface area contributed by atoms with Gasteiger partial charge in [-0.15, -0.1) is 11.6 Å². The molecule has 82 valence electrons. The van der Waals surface area contributed by atoms with Crippen LogP contribution in [-0.4, -0.2) is 31.0 Å². The molecular weight excluding hydrogens is 202 g/mol. The fraction of sp³-hybridized carbons (Fsp3) is 0.900. The van der Waals surface area contributed by atoms with Gasteiger partial charge >= 0.3 is 0 Å². The highest BCUT2D eigenvalue weighted by Gasteiger charge is 2.21. The number of ether oxygens (including phenoxy) is 1. The van der Waals surface area contributed by atoms with Crippen LogP contribution in [0.25, 0.3) is 0 Å². The molecule has 14 heavy (non-hydrogen) atoms.